The van der Waals surface area contributed by atoms with Crippen LogP contribution in [0.4, 0.5) is 0 Å². The van der Waals surface area contributed by atoms with Crippen LogP contribution in [0.2, 0.25) is 0 Å². The van der Waals surface area contributed by atoms with Crippen LogP contribution in [0.5, 0.6) is 0 Å². The number of hydrogen-bond acceptors (Lipinski definition) is 4. The molecule has 0 aliphatic rings. The standard InChI is InChI=1S/BH2O3.Mo.H3N/c2-1(3)4;;/h2-3H;;1H3/q-1;+1;. The van der Waals surface area contributed by atoms with Crippen molar-refractivity contribution >= 4 is 7.32 Å². The minimum absolute atomic E-state index is 0. The monoisotopic (exact) mass is 176 g/mol. The van der Waals surface area contributed by atoms with Crippen LogP contribution < -0.4 is 6.15 Å². The Morgan fingerprint density at radius 3 is 1.67 bits per heavy atom. The molecule has 6 heavy (non-hydrogen) atoms. The van der Waals surface area contributed by atoms with E-state index in [2.05, 4.69) is 3.31 Å². The van der Waals surface area contributed by atoms with Crippen molar-refractivity contribution in [2.75, 3.05) is 0 Å². The summed E-state index contributed by atoms with van der Waals surface area (Å²) in [7, 11) is -1.61. The summed E-state index contributed by atoms with van der Waals surface area (Å²) in [6, 6.07) is 0. The molecule has 0 heterocycles. The average Bonchev–Trinajstić information content (AvgIpc) is 1.38. The summed E-state index contributed by atoms with van der Waals surface area (Å²) >= 11 is 1.14. The van der Waals surface area contributed by atoms with E-state index in [1.54, 1.807) is 0 Å². The molecule has 5 N–H and O–H groups in total. The third-order valence-electron chi connectivity index (χ3n) is 0.0861. The van der Waals surface area contributed by atoms with Gasteiger partial charge in [0.05, 0.1) is 0 Å². The maximum atomic E-state index is 7.70. The second-order valence-corrected chi connectivity index (χ2v) is 0.896. The molecule has 37 valence electrons. The van der Waals surface area contributed by atoms with Crippen molar-refractivity contribution in [1.29, 1.82) is 0 Å². The van der Waals surface area contributed by atoms with E-state index in [1.165, 1.54) is 0 Å². The van der Waals surface area contributed by atoms with Crippen LogP contribution in [-0.4, -0.2) is 17.4 Å². The van der Waals surface area contributed by atoms with E-state index < -0.39 is 7.32 Å². The Balaban J connectivity index is 0. The Bertz CT molecular complexity index is 24.8. The molecule has 0 aliphatic carbocycles. The van der Waals surface area contributed by atoms with Gasteiger partial charge in [0.25, 0.3) is 0 Å². The van der Waals surface area contributed by atoms with Crippen LogP contribution in [-0.2, 0) is 23.5 Å². The molecule has 0 aromatic rings. The first-order valence-corrected chi connectivity index (χ1v) is 1.74. The fourth-order valence-corrected chi connectivity index (χ4v) is 0. The Kier molecular flexibility index (Phi) is 9.11. The molecule has 0 spiro atoms. The Morgan fingerprint density at radius 2 is 1.67 bits per heavy atom. The van der Waals surface area contributed by atoms with E-state index >= 15 is 0 Å². The second-order valence-electron chi connectivity index (χ2n) is 0.423. The second kappa shape index (κ2) is 5.59. The van der Waals surface area contributed by atoms with Crippen molar-refractivity contribution in [1.82, 2.24) is 6.15 Å². The van der Waals surface area contributed by atoms with E-state index in [0.29, 0.717) is 0 Å². The topological polar surface area (TPSA) is 84.7 Å². The summed E-state index contributed by atoms with van der Waals surface area (Å²) in [6.07, 6.45) is 0. The first kappa shape index (κ1) is 9.78. The van der Waals surface area contributed by atoms with E-state index in [4.69, 9.17) is 10.0 Å². The summed E-state index contributed by atoms with van der Waals surface area (Å²) in [5.74, 6) is 0. The molecule has 0 unspecified atom stereocenters. The number of rotatable bonds is 1. The van der Waals surface area contributed by atoms with E-state index in [0.717, 1.165) is 20.2 Å². The van der Waals surface area contributed by atoms with Crippen molar-refractivity contribution in [2.24, 2.45) is 0 Å². The van der Waals surface area contributed by atoms with Crippen LogP contribution in [0.1, 0.15) is 0 Å². The molecule has 0 aromatic heterocycles. The van der Waals surface area contributed by atoms with Gasteiger partial charge in [0, 0.05) is 0 Å². The zero-order chi connectivity index (χ0) is 4.28. The molecule has 4 nitrogen and oxygen atoms in total. The SMILES string of the molecule is N.OB(O)[O][Mo]. The van der Waals surface area contributed by atoms with Crippen molar-refractivity contribution in [3.8, 4) is 0 Å². The van der Waals surface area contributed by atoms with Gasteiger partial charge in [-0.2, -0.15) is 0 Å². The molecule has 0 saturated carbocycles. The van der Waals surface area contributed by atoms with Crippen LogP contribution in [0, 0.1) is 0 Å². The Morgan fingerprint density at radius 1 is 1.50 bits per heavy atom. The van der Waals surface area contributed by atoms with Crippen LogP contribution in [0.15, 0.2) is 0 Å². The molecule has 0 aromatic carbocycles. The molecule has 0 bridgehead atoms. The predicted molar refractivity (Wildman–Crippen MR) is 16.3 cm³/mol. The van der Waals surface area contributed by atoms with Crippen molar-refractivity contribution in [3.63, 3.8) is 0 Å². The molecule has 0 saturated heterocycles. The quantitative estimate of drug-likeness (QED) is 0.426. The van der Waals surface area contributed by atoms with E-state index in [1.807, 2.05) is 0 Å². The van der Waals surface area contributed by atoms with Gasteiger partial charge in [-0.05, 0) is 0 Å². The third kappa shape index (κ3) is 8.82. The molecule has 0 rings (SSSR count). The van der Waals surface area contributed by atoms with Crippen molar-refractivity contribution in [2.45, 2.75) is 0 Å². The van der Waals surface area contributed by atoms with E-state index in [-0.39, 0.29) is 6.15 Å². The van der Waals surface area contributed by atoms with Gasteiger partial charge in [-0.15, -0.1) is 0 Å². The molecule has 0 fully saturated rings. The van der Waals surface area contributed by atoms with Gasteiger partial charge in [-0.3, -0.25) is 0 Å². The summed E-state index contributed by atoms with van der Waals surface area (Å²) < 4.78 is 3.87. The number of hydrogen-bond donors (Lipinski definition) is 3. The molecule has 0 aliphatic heterocycles. The summed E-state index contributed by atoms with van der Waals surface area (Å²) in [5.41, 5.74) is 0. The molecule has 0 amide bonds. The Hall–Kier alpha value is 0.593. The molecular weight excluding hydrogens is 169 g/mol. The molecule has 0 atom stereocenters. The zero-order valence-electron chi connectivity index (χ0n) is 3.00. The first-order valence-electron chi connectivity index (χ1n) is 0.919. The van der Waals surface area contributed by atoms with Crippen LogP contribution in [0.3, 0.4) is 0 Å². The normalized spacial score (nSPS) is 6.33. The summed E-state index contributed by atoms with van der Waals surface area (Å²) in [4.78, 5) is 0. The van der Waals surface area contributed by atoms with Crippen molar-refractivity contribution < 1.29 is 33.5 Å². The van der Waals surface area contributed by atoms with Gasteiger partial charge in [-0.1, -0.05) is 0 Å². The van der Waals surface area contributed by atoms with Crippen molar-refractivity contribution in [3.05, 3.63) is 0 Å². The predicted octanol–water partition coefficient (Wildman–Crippen LogP) is -1.40. The maximum absolute atomic E-state index is 7.70. The van der Waals surface area contributed by atoms with Gasteiger partial charge in [0.1, 0.15) is 0 Å². The minimum atomic E-state index is -1.61. The van der Waals surface area contributed by atoms with Gasteiger partial charge >= 0.3 is 40.9 Å². The van der Waals surface area contributed by atoms with Gasteiger partial charge in [0.2, 0.25) is 0 Å². The van der Waals surface area contributed by atoms with Crippen LogP contribution >= 0.6 is 0 Å². The fraction of sp³-hybridized carbons (Fsp3) is 0. The first-order chi connectivity index (χ1) is 2.27. The zero-order valence-corrected chi connectivity index (χ0v) is 5.00. The fourth-order valence-electron chi connectivity index (χ4n) is 0. The van der Waals surface area contributed by atoms with Gasteiger partial charge in [-0.25, -0.2) is 0 Å². The molecule has 6 heteroatoms. The summed E-state index contributed by atoms with van der Waals surface area (Å²) in [5, 5.41) is 15.4. The average molecular weight is 174 g/mol. The van der Waals surface area contributed by atoms with E-state index in [9.17, 15) is 0 Å². The molecule has 0 radical (unpaired) electrons. The third-order valence-corrected chi connectivity index (χ3v) is 0.509. The van der Waals surface area contributed by atoms with Gasteiger partial charge < -0.3 is 6.15 Å². The van der Waals surface area contributed by atoms with Crippen LogP contribution in [0.25, 0.3) is 0 Å². The Labute approximate surface area is 47.6 Å². The van der Waals surface area contributed by atoms with Gasteiger partial charge in [0.15, 0.2) is 0 Å². The molecular formula is H5BMoNO3. The summed E-state index contributed by atoms with van der Waals surface area (Å²) in [6.45, 7) is 0.